The van der Waals surface area contributed by atoms with Gasteiger partial charge in [0, 0.05) is 12.0 Å². The lowest BCUT2D eigenvalue weighted by molar-refractivity contribution is 0.0995. The van der Waals surface area contributed by atoms with E-state index in [1.165, 1.54) is 11.5 Å². The van der Waals surface area contributed by atoms with E-state index in [0.29, 0.717) is 11.3 Å². The maximum atomic E-state index is 12.4. The van der Waals surface area contributed by atoms with Gasteiger partial charge in [-0.1, -0.05) is 35.5 Å². The van der Waals surface area contributed by atoms with Crippen molar-refractivity contribution in [3.8, 4) is 5.75 Å². The number of ketones is 1. The molecule has 0 aliphatic carbocycles. The number of carbonyl (C=O) groups excluding carboxylic acids is 1. The second kappa shape index (κ2) is 6.61. The molecule has 1 aromatic carbocycles. The third-order valence-electron chi connectivity index (χ3n) is 3.08. The predicted molar refractivity (Wildman–Crippen MR) is 79.7 cm³/mol. The summed E-state index contributed by atoms with van der Waals surface area (Å²) >= 11 is 1.18. The minimum atomic E-state index is 0.0624. The Morgan fingerprint density at radius 2 is 2.20 bits per heavy atom. The molecule has 0 spiro atoms. The van der Waals surface area contributed by atoms with Gasteiger partial charge in [-0.05, 0) is 30.9 Å². The van der Waals surface area contributed by atoms with E-state index in [1.807, 2.05) is 25.1 Å². The minimum absolute atomic E-state index is 0.0624. The lowest BCUT2D eigenvalue weighted by Gasteiger charge is -2.08. The average Bonchev–Trinajstić information content (AvgIpc) is 2.88. The van der Waals surface area contributed by atoms with Crippen LogP contribution >= 0.6 is 11.5 Å². The van der Waals surface area contributed by atoms with Crippen LogP contribution in [-0.4, -0.2) is 22.5 Å². The van der Waals surface area contributed by atoms with Crippen molar-refractivity contribution in [3.05, 3.63) is 39.9 Å². The van der Waals surface area contributed by atoms with Crippen molar-refractivity contribution >= 4 is 17.3 Å². The van der Waals surface area contributed by atoms with Crippen LogP contribution in [0.2, 0.25) is 0 Å². The zero-order valence-corrected chi connectivity index (χ0v) is 12.8. The molecule has 0 aliphatic heterocycles. The molecule has 1 heterocycles. The molecule has 0 fully saturated rings. The molecule has 0 saturated heterocycles. The number of hydrogen-bond acceptors (Lipinski definition) is 5. The van der Waals surface area contributed by atoms with Gasteiger partial charge in [0.1, 0.15) is 10.6 Å². The molecule has 0 saturated carbocycles. The number of ether oxygens (including phenoxy) is 1. The first-order valence-corrected chi connectivity index (χ1v) is 7.41. The van der Waals surface area contributed by atoms with E-state index in [2.05, 4.69) is 16.5 Å². The van der Waals surface area contributed by atoms with Gasteiger partial charge in [0.2, 0.25) is 0 Å². The van der Waals surface area contributed by atoms with Crippen LogP contribution in [0.3, 0.4) is 0 Å². The van der Waals surface area contributed by atoms with E-state index in [4.69, 9.17) is 4.74 Å². The monoisotopic (exact) mass is 290 g/mol. The molecule has 0 bridgehead atoms. The van der Waals surface area contributed by atoms with Gasteiger partial charge >= 0.3 is 0 Å². The first kappa shape index (κ1) is 14.7. The van der Waals surface area contributed by atoms with Gasteiger partial charge in [-0.15, -0.1) is 5.10 Å². The molecule has 5 heteroatoms. The highest BCUT2D eigenvalue weighted by Crippen LogP contribution is 2.23. The summed E-state index contributed by atoms with van der Waals surface area (Å²) in [5, 5.41) is 4.05. The lowest BCUT2D eigenvalue weighted by atomic mass is 10.0. The smallest absolute Gasteiger partial charge is 0.180 e. The minimum Gasteiger partial charge on any atom is -0.496 e. The van der Waals surface area contributed by atoms with Gasteiger partial charge in [-0.3, -0.25) is 4.79 Å². The summed E-state index contributed by atoms with van der Waals surface area (Å²) in [5.41, 5.74) is 2.84. The molecule has 4 nitrogen and oxygen atoms in total. The predicted octanol–water partition coefficient (Wildman–Crippen LogP) is 3.23. The zero-order chi connectivity index (χ0) is 14.5. The van der Waals surface area contributed by atoms with Crippen molar-refractivity contribution in [2.24, 2.45) is 0 Å². The maximum Gasteiger partial charge on any atom is 0.180 e. The van der Waals surface area contributed by atoms with Crippen LogP contribution in [0.4, 0.5) is 0 Å². The van der Waals surface area contributed by atoms with Crippen LogP contribution in [0, 0.1) is 6.92 Å². The number of methoxy groups -OCH3 is 1. The van der Waals surface area contributed by atoms with Crippen LogP contribution in [0.1, 0.15) is 39.8 Å². The van der Waals surface area contributed by atoms with Gasteiger partial charge in [-0.25, -0.2) is 0 Å². The number of benzene rings is 1. The number of aromatic nitrogens is 2. The van der Waals surface area contributed by atoms with E-state index in [9.17, 15) is 4.79 Å². The Labute approximate surface area is 123 Å². The molecule has 2 rings (SSSR count). The number of rotatable bonds is 6. The van der Waals surface area contributed by atoms with Crippen molar-refractivity contribution in [1.29, 1.82) is 0 Å². The van der Waals surface area contributed by atoms with E-state index in [0.717, 1.165) is 35.4 Å². The second-order valence-electron chi connectivity index (χ2n) is 4.71. The van der Waals surface area contributed by atoms with Crippen molar-refractivity contribution in [3.63, 3.8) is 0 Å². The summed E-state index contributed by atoms with van der Waals surface area (Å²) in [6.07, 6.45) is 2.08. The fraction of sp³-hybridized carbons (Fsp3) is 0.400. The van der Waals surface area contributed by atoms with Crippen LogP contribution in [0.5, 0.6) is 5.75 Å². The van der Waals surface area contributed by atoms with Crippen LogP contribution in [-0.2, 0) is 12.8 Å². The molecule has 0 N–H and O–H groups in total. The molecule has 0 unspecified atom stereocenters. The summed E-state index contributed by atoms with van der Waals surface area (Å²) in [6.45, 7) is 4.07. The van der Waals surface area contributed by atoms with Crippen molar-refractivity contribution in [2.45, 2.75) is 33.1 Å². The highest BCUT2D eigenvalue weighted by Gasteiger charge is 2.17. The van der Waals surface area contributed by atoms with Crippen molar-refractivity contribution < 1.29 is 9.53 Å². The topological polar surface area (TPSA) is 52.1 Å². The Balaban J connectivity index is 2.23. The number of hydrogen-bond donors (Lipinski definition) is 0. The summed E-state index contributed by atoms with van der Waals surface area (Å²) in [6, 6.07) is 5.87. The lowest BCUT2D eigenvalue weighted by Crippen LogP contribution is -2.06. The fourth-order valence-corrected chi connectivity index (χ4v) is 2.76. The van der Waals surface area contributed by atoms with Crippen LogP contribution in [0.25, 0.3) is 0 Å². The van der Waals surface area contributed by atoms with Gasteiger partial charge < -0.3 is 4.74 Å². The Morgan fingerprint density at radius 1 is 1.40 bits per heavy atom. The Kier molecular flexibility index (Phi) is 4.84. The van der Waals surface area contributed by atoms with E-state index in [1.54, 1.807) is 7.11 Å². The van der Waals surface area contributed by atoms with Gasteiger partial charge in [-0.2, -0.15) is 0 Å². The molecular weight excluding hydrogens is 272 g/mol. The number of nitrogens with zero attached hydrogens (tertiary/aromatic N) is 2. The molecule has 1 aromatic heterocycles. The largest absolute Gasteiger partial charge is 0.496 e. The third kappa shape index (κ3) is 3.22. The fourth-order valence-electron chi connectivity index (χ4n) is 2.12. The van der Waals surface area contributed by atoms with E-state index in [-0.39, 0.29) is 5.78 Å². The van der Waals surface area contributed by atoms with Crippen molar-refractivity contribution in [1.82, 2.24) is 9.59 Å². The molecule has 106 valence electrons. The SMILES string of the molecule is CCCc1nnsc1C(=O)Cc1cc(C)ccc1OC. The van der Waals surface area contributed by atoms with Crippen molar-refractivity contribution in [2.75, 3.05) is 7.11 Å². The summed E-state index contributed by atoms with van der Waals surface area (Å²) in [5.74, 6) is 0.811. The average molecular weight is 290 g/mol. The summed E-state index contributed by atoms with van der Waals surface area (Å²) < 4.78 is 9.22. The summed E-state index contributed by atoms with van der Waals surface area (Å²) in [7, 11) is 1.62. The number of carbonyl (C=O) groups is 1. The highest BCUT2D eigenvalue weighted by atomic mass is 32.1. The molecule has 0 amide bonds. The molecule has 0 radical (unpaired) electrons. The molecule has 20 heavy (non-hydrogen) atoms. The molecule has 2 aromatic rings. The quantitative estimate of drug-likeness (QED) is 0.766. The third-order valence-corrected chi connectivity index (χ3v) is 3.89. The highest BCUT2D eigenvalue weighted by molar-refractivity contribution is 7.08. The van der Waals surface area contributed by atoms with Crippen LogP contribution < -0.4 is 4.74 Å². The van der Waals surface area contributed by atoms with Crippen LogP contribution in [0.15, 0.2) is 18.2 Å². The Hall–Kier alpha value is -1.75. The summed E-state index contributed by atoms with van der Waals surface area (Å²) in [4.78, 5) is 13.1. The first-order valence-electron chi connectivity index (χ1n) is 6.63. The van der Waals surface area contributed by atoms with Gasteiger partial charge in [0.15, 0.2) is 5.78 Å². The van der Waals surface area contributed by atoms with E-state index < -0.39 is 0 Å². The molecule has 0 aliphatic rings. The normalized spacial score (nSPS) is 10.6. The molecule has 0 atom stereocenters. The van der Waals surface area contributed by atoms with Gasteiger partial charge in [0.05, 0.1) is 12.8 Å². The maximum absolute atomic E-state index is 12.4. The number of Topliss-reactive ketones (excluding diaryl/α,β-unsaturated/α-hetero) is 1. The number of aryl methyl sites for hydroxylation is 2. The Morgan fingerprint density at radius 3 is 2.90 bits per heavy atom. The zero-order valence-electron chi connectivity index (χ0n) is 12.0. The van der Waals surface area contributed by atoms with Gasteiger partial charge in [0.25, 0.3) is 0 Å². The molecular formula is C15H18N2O2S. The Bertz CT molecular complexity index is 608. The second-order valence-corrected chi connectivity index (χ2v) is 5.47. The standard InChI is InChI=1S/C15H18N2O2S/c1-4-5-12-15(20-17-16-12)13(18)9-11-8-10(2)6-7-14(11)19-3/h6-8H,4-5,9H2,1-3H3. The first-order chi connectivity index (χ1) is 9.65. The van der Waals surface area contributed by atoms with E-state index >= 15 is 0 Å².